The Kier molecular flexibility index (Phi) is 3.39. The van der Waals surface area contributed by atoms with E-state index in [1.165, 1.54) is 0 Å². The zero-order valence-corrected chi connectivity index (χ0v) is 10.3. The summed E-state index contributed by atoms with van der Waals surface area (Å²) in [5.41, 5.74) is 0.839. The minimum absolute atomic E-state index is 0.0882. The van der Waals surface area contributed by atoms with Crippen LogP contribution in [0.5, 0.6) is 11.5 Å². The second-order valence-electron chi connectivity index (χ2n) is 4.75. The summed E-state index contributed by atoms with van der Waals surface area (Å²) in [7, 11) is 0. The van der Waals surface area contributed by atoms with Gasteiger partial charge in [-0.15, -0.1) is 0 Å². The molecule has 0 aliphatic carbocycles. The highest BCUT2D eigenvalue weighted by Gasteiger charge is 2.26. The third-order valence-corrected chi connectivity index (χ3v) is 3.43. The predicted octanol–water partition coefficient (Wildman–Crippen LogP) is 2.06. The highest BCUT2D eigenvalue weighted by atomic mass is 16.5. The lowest BCUT2D eigenvalue weighted by Crippen LogP contribution is -2.17. The average Bonchev–Trinajstić information content (AvgIpc) is 2.83. The predicted molar refractivity (Wildman–Crippen MR) is 66.0 cm³/mol. The van der Waals surface area contributed by atoms with Gasteiger partial charge < -0.3 is 19.3 Å². The van der Waals surface area contributed by atoms with Crippen molar-refractivity contribution < 1.29 is 19.3 Å². The topological polar surface area (TPSA) is 47.9 Å². The summed E-state index contributed by atoms with van der Waals surface area (Å²) < 4.78 is 16.7. The second kappa shape index (κ2) is 5.16. The lowest BCUT2D eigenvalue weighted by Gasteiger charge is -2.19. The largest absolute Gasteiger partial charge is 0.490 e. The first kappa shape index (κ1) is 11.8. The van der Waals surface area contributed by atoms with Crippen LogP contribution in [0.25, 0.3) is 0 Å². The molecule has 1 fully saturated rings. The van der Waals surface area contributed by atoms with Crippen LogP contribution in [0.1, 0.15) is 30.9 Å². The van der Waals surface area contributed by atoms with Crippen LogP contribution in [0.3, 0.4) is 0 Å². The van der Waals surface area contributed by atoms with Crippen LogP contribution >= 0.6 is 0 Å². The molecule has 0 radical (unpaired) electrons. The molecule has 2 atom stereocenters. The van der Waals surface area contributed by atoms with Gasteiger partial charge in [-0.2, -0.15) is 0 Å². The summed E-state index contributed by atoms with van der Waals surface area (Å²) in [6, 6.07) is 5.63. The molecular weight excluding hydrogens is 232 g/mol. The van der Waals surface area contributed by atoms with Crippen molar-refractivity contribution in [3.63, 3.8) is 0 Å². The Labute approximate surface area is 106 Å². The van der Waals surface area contributed by atoms with Gasteiger partial charge in [-0.25, -0.2) is 0 Å². The number of fused-ring (bicyclic) bond motifs is 1. The van der Waals surface area contributed by atoms with E-state index in [4.69, 9.17) is 14.2 Å². The van der Waals surface area contributed by atoms with Gasteiger partial charge in [0.25, 0.3) is 0 Å². The molecule has 0 aromatic heterocycles. The molecule has 2 unspecified atom stereocenters. The van der Waals surface area contributed by atoms with Crippen molar-refractivity contribution in [2.45, 2.75) is 31.5 Å². The number of aliphatic hydroxyl groups is 1. The van der Waals surface area contributed by atoms with Crippen LogP contribution in [0, 0.1) is 0 Å². The Morgan fingerprint density at radius 1 is 1.06 bits per heavy atom. The Morgan fingerprint density at radius 2 is 1.89 bits per heavy atom. The highest BCUT2D eigenvalue weighted by Crippen LogP contribution is 2.34. The molecule has 1 aromatic carbocycles. The molecule has 4 heteroatoms. The van der Waals surface area contributed by atoms with Gasteiger partial charge in [0, 0.05) is 13.0 Å². The van der Waals surface area contributed by atoms with E-state index >= 15 is 0 Å². The molecule has 1 N–H and O–H groups in total. The zero-order chi connectivity index (χ0) is 12.4. The Bertz CT molecular complexity index is 412. The lowest BCUT2D eigenvalue weighted by atomic mass is 10.0. The van der Waals surface area contributed by atoms with Crippen LogP contribution in [-0.2, 0) is 4.74 Å². The van der Waals surface area contributed by atoms with Crippen molar-refractivity contribution >= 4 is 0 Å². The number of hydrogen-bond acceptors (Lipinski definition) is 4. The normalized spacial score (nSPS) is 24.6. The summed E-state index contributed by atoms with van der Waals surface area (Å²) in [6.45, 7) is 2.08. The van der Waals surface area contributed by atoms with Crippen LogP contribution in [0.15, 0.2) is 18.2 Å². The maximum Gasteiger partial charge on any atom is 0.161 e. The third-order valence-electron chi connectivity index (χ3n) is 3.43. The zero-order valence-electron chi connectivity index (χ0n) is 10.3. The Hall–Kier alpha value is -1.26. The van der Waals surface area contributed by atoms with Gasteiger partial charge in [-0.3, -0.25) is 0 Å². The number of aliphatic hydroxyl groups excluding tert-OH is 1. The van der Waals surface area contributed by atoms with E-state index in [1.54, 1.807) is 0 Å². The number of benzene rings is 1. The third kappa shape index (κ3) is 2.31. The van der Waals surface area contributed by atoms with Gasteiger partial charge in [-0.05, 0) is 30.5 Å². The minimum atomic E-state index is -0.579. The molecule has 0 spiro atoms. The molecule has 2 heterocycles. The molecule has 18 heavy (non-hydrogen) atoms. The molecule has 0 saturated carbocycles. The first-order valence-electron chi connectivity index (χ1n) is 6.54. The Balaban J connectivity index is 1.82. The van der Waals surface area contributed by atoms with Gasteiger partial charge in [-0.1, -0.05) is 6.07 Å². The maximum atomic E-state index is 10.3. The lowest BCUT2D eigenvalue weighted by molar-refractivity contribution is -0.00269. The SMILES string of the molecule is OC(c1ccc2c(c1)OCCCO2)C1CCCO1. The molecule has 1 aromatic rings. The van der Waals surface area contributed by atoms with Gasteiger partial charge in [0.15, 0.2) is 11.5 Å². The fourth-order valence-electron chi connectivity index (χ4n) is 2.43. The monoisotopic (exact) mass is 250 g/mol. The Morgan fingerprint density at radius 3 is 2.67 bits per heavy atom. The first-order chi connectivity index (χ1) is 8.84. The van der Waals surface area contributed by atoms with Crippen molar-refractivity contribution in [3.05, 3.63) is 23.8 Å². The van der Waals surface area contributed by atoms with Crippen molar-refractivity contribution in [3.8, 4) is 11.5 Å². The number of hydrogen-bond donors (Lipinski definition) is 1. The van der Waals surface area contributed by atoms with E-state index in [1.807, 2.05) is 18.2 Å². The van der Waals surface area contributed by atoms with Gasteiger partial charge in [0.05, 0.1) is 19.3 Å². The van der Waals surface area contributed by atoms with Crippen LogP contribution in [-0.4, -0.2) is 31.0 Å². The van der Waals surface area contributed by atoms with Crippen molar-refractivity contribution in [1.29, 1.82) is 0 Å². The fourth-order valence-corrected chi connectivity index (χ4v) is 2.43. The van der Waals surface area contributed by atoms with Crippen LogP contribution < -0.4 is 9.47 Å². The van der Waals surface area contributed by atoms with Crippen LogP contribution in [0.4, 0.5) is 0 Å². The van der Waals surface area contributed by atoms with Gasteiger partial charge in [0.2, 0.25) is 0 Å². The summed E-state index contributed by atoms with van der Waals surface area (Å²) in [6.07, 6.45) is 2.15. The molecule has 4 nitrogen and oxygen atoms in total. The molecule has 0 bridgehead atoms. The van der Waals surface area contributed by atoms with Gasteiger partial charge >= 0.3 is 0 Å². The second-order valence-corrected chi connectivity index (χ2v) is 4.75. The quantitative estimate of drug-likeness (QED) is 0.872. The summed E-state index contributed by atoms with van der Waals surface area (Å²) in [4.78, 5) is 0. The molecule has 98 valence electrons. The van der Waals surface area contributed by atoms with E-state index in [0.717, 1.165) is 42.9 Å². The van der Waals surface area contributed by atoms with Crippen molar-refractivity contribution in [2.24, 2.45) is 0 Å². The van der Waals surface area contributed by atoms with E-state index in [9.17, 15) is 5.11 Å². The van der Waals surface area contributed by atoms with E-state index < -0.39 is 6.10 Å². The smallest absolute Gasteiger partial charge is 0.161 e. The first-order valence-corrected chi connectivity index (χ1v) is 6.54. The standard InChI is InChI=1S/C14H18O4/c15-14(12-3-1-6-17-12)10-4-5-11-13(9-10)18-8-2-7-16-11/h4-5,9,12,14-15H,1-3,6-8H2. The number of ether oxygens (including phenoxy) is 3. The number of rotatable bonds is 2. The van der Waals surface area contributed by atoms with Crippen LogP contribution in [0.2, 0.25) is 0 Å². The summed E-state index contributed by atoms with van der Waals surface area (Å²) >= 11 is 0. The van der Waals surface area contributed by atoms with E-state index in [2.05, 4.69) is 0 Å². The van der Waals surface area contributed by atoms with E-state index in [-0.39, 0.29) is 6.10 Å². The van der Waals surface area contributed by atoms with Gasteiger partial charge in [0.1, 0.15) is 6.10 Å². The fraction of sp³-hybridized carbons (Fsp3) is 0.571. The minimum Gasteiger partial charge on any atom is -0.490 e. The summed E-state index contributed by atoms with van der Waals surface area (Å²) in [5.74, 6) is 1.48. The molecule has 0 amide bonds. The average molecular weight is 250 g/mol. The molecule has 3 rings (SSSR count). The molecule has 2 aliphatic rings. The summed E-state index contributed by atoms with van der Waals surface area (Å²) in [5, 5.41) is 10.3. The molecule has 2 aliphatic heterocycles. The van der Waals surface area contributed by atoms with Crippen molar-refractivity contribution in [1.82, 2.24) is 0 Å². The highest BCUT2D eigenvalue weighted by molar-refractivity contribution is 5.44. The molecule has 1 saturated heterocycles. The maximum absolute atomic E-state index is 10.3. The molecular formula is C14H18O4. The van der Waals surface area contributed by atoms with Crippen molar-refractivity contribution in [2.75, 3.05) is 19.8 Å². The van der Waals surface area contributed by atoms with E-state index in [0.29, 0.717) is 13.2 Å².